The van der Waals surface area contributed by atoms with E-state index < -0.39 is 0 Å². The summed E-state index contributed by atoms with van der Waals surface area (Å²) in [6.45, 7) is 4.67. The molecule has 0 amide bonds. The normalized spacial score (nSPS) is 31.7. The Morgan fingerprint density at radius 1 is 1.21 bits per heavy atom. The fraction of sp³-hybridized carbons (Fsp3) is 0.625. The lowest BCUT2D eigenvalue weighted by Crippen LogP contribution is -2.58. The van der Waals surface area contributed by atoms with Crippen LogP contribution in [0, 0.1) is 11.8 Å². The zero-order valence-corrected chi connectivity index (χ0v) is 18.2. The molecular formula is C24H33ClN2O2. The Kier molecular flexibility index (Phi) is 6.33. The standard InChI is InChI=1S/C24H32N2O2.ClH/c1-28-24(27)19-7-4-6-17(12-19)15-26-11-5-8-18-13-20-14-21(23(18)26)16-25-10-3-2-9-22(20)25;/h4,6-7,12-13,20-23H,2-3,5,8-11,14-16H2,1H3;1H/t20-,21-,22+,23+;/m0./s1. The van der Waals surface area contributed by atoms with Gasteiger partial charge in [-0.05, 0) is 74.7 Å². The number of rotatable bonds is 3. The first kappa shape index (κ1) is 20.9. The van der Waals surface area contributed by atoms with Gasteiger partial charge in [-0.2, -0.15) is 0 Å². The Balaban J connectivity index is 0.00000205. The number of halogens is 1. The highest BCUT2D eigenvalue weighted by Crippen LogP contribution is 2.45. The molecule has 4 nitrogen and oxygen atoms in total. The Morgan fingerprint density at radius 2 is 2.10 bits per heavy atom. The number of carbonyl (C=O) groups excluding carboxylic acids is 1. The number of fused-ring (bicyclic) bond motifs is 6. The summed E-state index contributed by atoms with van der Waals surface area (Å²) in [6, 6.07) is 9.40. The number of benzene rings is 1. The number of carbonyl (C=O) groups is 1. The molecule has 0 aromatic heterocycles. The van der Waals surface area contributed by atoms with E-state index >= 15 is 0 Å². The van der Waals surface area contributed by atoms with Gasteiger partial charge in [0.1, 0.15) is 0 Å². The maximum absolute atomic E-state index is 11.9. The van der Waals surface area contributed by atoms with E-state index in [1.54, 1.807) is 5.57 Å². The minimum atomic E-state index is -0.245. The van der Waals surface area contributed by atoms with Crippen molar-refractivity contribution in [2.75, 3.05) is 26.7 Å². The van der Waals surface area contributed by atoms with E-state index in [-0.39, 0.29) is 18.4 Å². The number of nitrogens with zero attached hydrogens (tertiary/aromatic N) is 2. The highest BCUT2D eigenvalue weighted by Gasteiger charge is 2.45. The van der Waals surface area contributed by atoms with Crippen LogP contribution in [0.25, 0.3) is 0 Å². The molecule has 3 heterocycles. The van der Waals surface area contributed by atoms with Gasteiger partial charge in [0.2, 0.25) is 0 Å². The molecule has 0 spiro atoms. The molecule has 1 aromatic rings. The molecule has 3 aliphatic heterocycles. The lowest BCUT2D eigenvalue weighted by molar-refractivity contribution is -0.00265. The molecule has 0 N–H and O–H groups in total. The van der Waals surface area contributed by atoms with Crippen LogP contribution in [0.5, 0.6) is 0 Å². The van der Waals surface area contributed by atoms with Crippen LogP contribution < -0.4 is 0 Å². The summed E-state index contributed by atoms with van der Waals surface area (Å²) in [5, 5.41) is 0. The monoisotopic (exact) mass is 416 g/mol. The second kappa shape index (κ2) is 8.79. The lowest BCUT2D eigenvalue weighted by atomic mass is 9.68. The number of ether oxygens (including phenoxy) is 1. The summed E-state index contributed by atoms with van der Waals surface area (Å²) in [7, 11) is 1.45. The molecule has 4 atom stereocenters. The van der Waals surface area contributed by atoms with Crippen molar-refractivity contribution in [2.24, 2.45) is 11.8 Å². The highest BCUT2D eigenvalue weighted by atomic mass is 35.5. The van der Waals surface area contributed by atoms with Crippen LogP contribution in [0.4, 0.5) is 0 Å². The van der Waals surface area contributed by atoms with Crippen molar-refractivity contribution in [3.63, 3.8) is 0 Å². The summed E-state index contributed by atoms with van der Waals surface area (Å²) in [4.78, 5) is 17.4. The third-order valence-corrected chi connectivity index (χ3v) is 7.49. The van der Waals surface area contributed by atoms with E-state index in [0.717, 1.165) is 31.0 Å². The molecule has 3 saturated heterocycles. The number of methoxy groups -OCH3 is 1. The third-order valence-electron chi connectivity index (χ3n) is 7.49. The van der Waals surface area contributed by atoms with Crippen molar-refractivity contribution in [3.8, 4) is 0 Å². The first-order valence-corrected chi connectivity index (χ1v) is 11.1. The van der Waals surface area contributed by atoms with Gasteiger partial charge in [-0.3, -0.25) is 9.80 Å². The van der Waals surface area contributed by atoms with Gasteiger partial charge in [0.05, 0.1) is 12.7 Å². The summed E-state index contributed by atoms with van der Waals surface area (Å²) in [5.41, 5.74) is 3.59. The Hall–Kier alpha value is -1.36. The lowest BCUT2D eigenvalue weighted by Gasteiger charge is -2.54. The van der Waals surface area contributed by atoms with Gasteiger partial charge in [-0.1, -0.05) is 30.2 Å². The molecule has 3 fully saturated rings. The molecule has 0 saturated carbocycles. The van der Waals surface area contributed by atoms with Gasteiger partial charge in [0.15, 0.2) is 0 Å². The Labute approximate surface area is 180 Å². The second-order valence-electron chi connectivity index (χ2n) is 9.17. The van der Waals surface area contributed by atoms with Crippen molar-refractivity contribution in [3.05, 3.63) is 47.0 Å². The van der Waals surface area contributed by atoms with Crippen LogP contribution in [0.15, 0.2) is 35.9 Å². The smallest absolute Gasteiger partial charge is 0.337 e. The maximum atomic E-state index is 11.9. The SMILES string of the molecule is COC(=O)c1cccc(CN2CCCC3=C[C@H]4C[C@@H](CN5CCCC[C@H]45)[C@@H]32)c1.Cl. The number of hydrogen-bond donors (Lipinski definition) is 0. The minimum absolute atomic E-state index is 0. The second-order valence-corrected chi connectivity index (χ2v) is 9.17. The number of piperidine rings is 3. The van der Waals surface area contributed by atoms with Gasteiger partial charge < -0.3 is 4.74 Å². The van der Waals surface area contributed by atoms with Crippen molar-refractivity contribution < 1.29 is 9.53 Å². The van der Waals surface area contributed by atoms with Gasteiger partial charge in [-0.15, -0.1) is 12.4 Å². The molecule has 4 aliphatic rings. The van der Waals surface area contributed by atoms with Crippen LogP contribution in [0.1, 0.15) is 54.4 Å². The topological polar surface area (TPSA) is 32.8 Å². The number of esters is 1. The van der Waals surface area contributed by atoms with E-state index in [0.29, 0.717) is 11.6 Å². The predicted molar refractivity (Wildman–Crippen MR) is 117 cm³/mol. The average Bonchev–Trinajstić information content (AvgIpc) is 2.73. The third kappa shape index (κ3) is 3.99. The Bertz CT molecular complexity index is 780. The summed E-state index contributed by atoms with van der Waals surface area (Å²) >= 11 is 0. The molecule has 29 heavy (non-hydrogen) atoms. The first-order chi connectivity index (χ1) is 13.7. The van der Waals surface area contributed by atoms with E-state index in [4.69, 9.17) is 4.74 Å². The van der Waals surface area contributed by atoms with Crippen molar-refractivity contribution in [1.82, 2.24) is 9.80 Å². The van der Waals surface area contributed by atoms with Crippen LogP contribution in [-0.2, 0) is 11.3 Å². The fourth-order valence-electron chi connectivity index (χ4n) is 6.41. The van der Waals surface area contributed by atoms with Crippen LogP contribution in [0.2, 0.25) is 0 Å². The van der Waals surface area contributed by atoms with Gasteiger partial charge >= 0.3 is 5.97 Å². The van der Waals surface area contributed by atoms with Crippen molar-refractivity contribution in [1.29, 1.82) is 0 Å². The largest absolute Gasteiger partial charge is 0.465 e. The van der Waals surface area contributed by atoms with E-state index in [2.05, 4.69) is 21.9 Å². The number of hydrogen-bond acceptors (Lipinski definition) is 4. The van der Waals surface area contributed by atoms with E-state index in [1.165, 1.54) is 64.3 Å². The van der Waals surface area contributed by atoms with Crippen LogP contribution >= 0.6 is 12.4 Å². The first-order valence-electron chi connectivity index (χ1n) is 11.1. The minimum Gasteiger partial charge on any atom is -0.465 e. The van der Waals surface area contributed by atoms with Crippen molar-refractivity contribution >= 4 is 18.4 Å². The zero-order valence-electron chi connectivity index (χ0n) is 17.4. The summed E-state index contributed by atoms with van der Waals surface area (Å²) in [6.07, 6.45) is 10.8. The maximum Gasteiger partial charge on any atom is 0.337 e. The fourth-order valence-corrected chi connectivity index (χ4v) is 6.41. The summed E-state index contributed by atoms with van der Waals surface area (Å²) < 4.78 is 4.90. The van der Waals surface area contributed by atoms with Crippen LogP contribution in [0.3, 0.4) is 0 Å². The quantitative estimate of drug-likeness (QED) is 0.543. The van der Waals surface area contributed by atoms with Gasteiger partial charge in [0.25, 0.3) is 0 Å². The van der Waals surface area contributed by atoms with Gasteiger partial charge in [0, 0.05) is 25.2 Å². The molecule has 158 valence electrons. The molecular weight excluding hydrogens is 384 g/mol. The van der Waals surface area contributed by atoms with Gasteiger partial charge in [-0.25, -0.2) is 4.79 Å². The van der Waals surface area contributed by atoms with E-state index in [9.17, 15) is 4.79 Å². The molecule has 1 aliphatic carbocycles. The van der Waals surface area contributed by atoms with Crippen LogP contribution in [-0.4, -0.2) is 54.6 Å². The molecule has 2 bridgehead atoms. The molecule has 5 rings (SSSR count). The molecule has 0 radical (unpaired) electrons. The number of likely N-dealkylation sites (tertiary alicyclic amines) is 1. The van der Waals surface area contributed by atoms with E-state index in [1.807, 2.05) is 18.2 Å². The molecule has 1 aromatic carbocycles. The molecule has 5 heteroatoms. The highest BCUT2D eigenvalue weighted by molar-refractivity contribution is 5.89. The zero-order chi connectivity index (χ0) is 19.1. The summed E-state index contributed by atoms with van der Waals surface area (Å²) in [5.74, 6) is 1.31. The average molecular weight is 417 g/mol. The Morgan fingerprint density at radius 3 is 2.97 bits per heavy atom. The van der Waals surface area contributed by atoms with Crippen molar-refractivity contribution in [2.45, 2.75) is 57.2 Å². The predicted octanol–water partition coefficient (Wildman–Crippen LogP) is 4.29. The molecule has 0 unspecified atom stereocenters.